The predicted molar refractivity (Wildman–Crippen MR) is 110 cm³/mol. The summed E-state index contributed by atoms with van der Waals surface area (Å²) in [5.74, 6) is -2.11. The Balaban J connectivity index is 1.86. The number of nitrogens with zero attached hydrogens (tertiary/aromatic N) is 1. The van der Waals surface area contributed by atoms with Crippen LogP contribution in [0.4, 0.5) is 11.4 Å². The van der Waals surface area contributed by atoms with E-state index in [2.05, 4.69) is 21.2 Å². The molecule has 0 radical (unpaired) electrons. The molecule has 0 spiro atoms. The summed E-state index contributed by atoms with van der Waals surface area (Å²) >= 11 is 5.98. The summed E-state index contributed by atoms with van der Waals surface area (Å²) in [6, 6.07) is 12.3. The lowest BCUT2D eigenvalue weighted by Gasteiger charge is -2.09. The van der Waals surface area contributed by atoms with E-state index >= 15 is 0 Å². The normalized spacial score (nSPS) is 10.9. The van der Waals surface area contributed by atoms with Crippen LogP contribution in [0.1, 0.15) is 24.5 Å². The Morgan fingerprint density at radius 1 is 0.964 bits per heavy atom. The van der Waals surface area contributed by atoms with Gasteiger partial charge in [-0.25, -0.2) is 5.43 Å². The van der Waals surface area contributed by atoms with Crippen molar-refractivity contribution < 1.29 is 14.4 Å². The highest BCUT2D eigenvalue weighted by Crippen LogP contribution is 2.22. The van der Waals surface area contributed by atoms with Crippen molar-refractivity contribution in [3.8, 4) is 0 Å². The summed E-state index contributed by atoms with van der Waals surface area (Å²) < 4.78 is 0. The van der Waals surface area contributed by atoms with Crippen LogP contribution in [0, 0.1) is 13.8 Å². The molecule has 2 aromatic rings. The van der Waals surface area contributed by atoms with E-state index in [1.54, 1.807) is 44.2 Å². The molecule has 3 amide bonds. The smallest absolute Gasteiger partial charge is 0.326 e. The molecule has 0 saturated heterocycles. The van der Waals surface area contributed by atoms with Gasteiger partial charge in [-0.1, -0.05) is 35.4 Å². The summed E-state index contributed by atoms with van der Waals surface area (Å²) in [5.41, 5.74) is 5.33. The Morgan fingerprint density at radius 2 is 1.64 bits per heavy atom. The average Bonchev–Trinajstić information content (AvgIpc) is 2.65. The van der Waals surface area contributed by atoms with Crippen LogP contribution in [0.15, 0.2) is 47.6 Å². The van der Waals surface area contributed by atoms with Crippen molar-refractivity contribution in [2.75, 3.05) is 10.6 Å². The predicted octanol–water partition coefficient (Wildman–Crippen LogP) is 3.42. The van der Waals surface area contributed by atoms with Crippen LogP contribution in [-0.4, -0.2) is 23.4 Å². The average molecular weight is 401 g/mol. The Bertz CT molecular complexity index is 924. The highest BCUT2D eigenvalue weighted by atomic mass is 35.5. The molecule has 28 heavy (non-hydrogen) atoms. The molecule has 0 heterocycles. The zero-order valence-electron chi connectivity index (χ0n) is 15.8. The van der Waals surface area contributed by atoms with Gasteiger partial charge in [-0.15, -0.1) is 0 Å². The van der Waals surface area contributed by atoms with Crippen molar-refractivity contribution in [1.29, 1.82) is 0 Å². The van der Waals surface area contributed by atoms with Crippen molar-refractivity contribution in [3.05, 3.63) is 58.6 Å². The Labute approximate surface area is 168 Å². The second kappa shape index (κ2) is 9.66. The second-order valence-corrected chi connectivity index (χ2v) is 6.65. The van der Waals surface area contributed by atoms with Gasteiger partial charge in [0.05, 0.1) is 6.42 Å². The van der Waals surface area contributed by atoms with Crippen molar-refractivity contribution in [1.82, 2.24) is 5.43 Å². The largest absolute Gasteiger partial charge is 0.329 e. The number of nitrogens with one attached hydrogen (secondary N) is 3. The summed E-state index contributed by atoms with van der Waals surface area (Å²) in [4.78, 5) is 35.9. The van der Waals surface area contributed by atoms with E-state index in [-0.39, 0.29) is 12.3 Å². The van der Waals surface area contributed by atoms with Gasteiger partial charge in [0.25, 0.3) is 0 Å². The van der Waals surface area contributed by atoms with Crippen LogP contribution in [0.5, 0.6) is 0 Å². The van der Waals surface area contributed by atoms with Crippen molar-refractivity contribution >= 4 is 46.4 Å². The molecule has 2 aromatic carbocycles. The summed E-state index contributed by atoms with van der Waals surface area (Å²) in [6.45, 7) is 5.26. The lowest BCUT2D eigenvalue weighted by Crippen LogP contribution is -2.33. The standard InChI is InChI=1S/C20H21ClN4O3/c1-12-7-9-15(10-8-12)22-18(26)11-13(2)24-25-20(28)19(27)23-17-6-4-5-16(21)14(17)3/h4-10H,11H2,1-3H3,(H,22,26)(H,23,27)(H,25,28)/b24-13-. The summed E-state index contributed by atoms with van der Waals surface area (Å²) in [7, 11) is 0. The van der Waals surface area contributed by atoms with Gasteiger partial charge < -0.3 is 10.6 Å². The highest BCUT2D eigenvalue weighted by molar-refractivity contribution is 6.40. The van der Waals surface area contributed by atoms with Crippen LogP contribution in [0.3, 0.4) is 0 Å². The highest BCUT2D eigenvalue weighted by Gasteiger charge is 2.15. The van der Waals surface area contributed by atoms with Gasteiger partial charge in [-0.2, -0.15) is 5.10 Å². The van der Waals surface area contributed by atoms with Gasteiger partial charge >= 0.3 is 11.8 Å². The quantitative estimate of drug-likeness (QED) is 0.407. The van der Waals surface area contributed by atoms with Crippen LogP contribution < -0.4 is 16.1 Å². The fraction of sp³-hybridized carbons (Fsp3) is 0.200. The Kier molecular flexibility index (Phi) is 7.28. The topological polar surface area (TPSA) is 99.7 Å². The molecular weight excluding hydrogens is 380 g/mol. The molecular formula is C20H21ClN4O3. The minimum absolute atomic E-state index is 0.0246. The number of hydrogen-bond acceptors (Lipinski definition) is 4. The van der Waals surface area contributed by atoms with Gasteiger partial charge in [0.2, 0.25) is 5.91 Å². The molecule has 0 saturated carbocycles. The van der Waals surface area contributed by atoms with E-state index in [0.717, 1.165) is 5.56 Å². The molecule has 0 fully saturated rings. The molecule has 0 aliphatic rings. The van der Waals surface area contributed by atoms with E-state index in [1.165, 1.54) is 0 Å². The molecule has 0 aliphatic heterocycles. The lowest BCUT2D eigenvalue weighted by molar-refractivity contribution is -0.136. The number of amides is 3. The molecule has 0 atom stereocenters. The number of halogens is 1. The number of aryl methyl sites for hydroxylation is 1. The molecule has 0 aliphatic carbocycles. The van der Waals surface area contributed by atoms with Crippen molar-refractivity contribution in [3.63, 3.8) is 0 Å². The molecule has 3 N–H and O–H groups in total. The lowest BCUT2D eigenvalue weighted by atomic mass is 10.2. The SMILES string of the molecule is C/C(CC(=O)Nc1ccc(C)cc1)=N/NC(=O)C(=O)Nc1cccc(Cl)c1C. The minimum atomic E-state index is -0.947. The molecule has 0 unspecified atom stereocenters. The fourth-order valence-corrected chi connectivity index (χ4v) is 2.41. The van der Waals surface area contributed by atoms with Crippen molar-refractivity contribution in [2.45, 2.75) is 27.2 Å². The molecule has 0 bridgehead atoms. The van der Waals surface area contributed by atoms with Crippen LogP contribution >= 0.6 is 11.6 Å². The van der Waals surface area contributed by atoms with Crippen molar-refractivity contribution in [2.24, 2.45) is 5.10 Å². The Hall–Kier alpha value is -3.19. The number of rotatable bonds is 5. The third-order valence-corrected chi connectivity index (χ3v) is 4.23. The second-order valence-electron chi connectivity index (χ2n) is 6.25. The van der Waals surface area contributed by atoms with Crippen LogP contribution in [-0.2, 0) is 14.4 Å². The van der Waals surface area contributed by atoms with Gasteiger partial charge in [0.1, 0.15) is 0 Å². The zero-order chi connectivity index (χ0) is 20.7. The van der Waals surface area contributed by atoms with Crippen LogP contribution in [0.25, 0.3) is 0 Å². The number of carbonyl (C=O) groups is 3. The van der Waals surface area contributed by atoms with Crippen LogP contribution in [0.2, 0.25) is 5.02 Å². The van der Waals surface area contributed by atoms with Gasteiger partial charge in [-0.3, -0.25) is 14.4 Å². The maximum absolute atomic E-state index is 12.0. The van der Waals surface area contributed by atoms with Gasteiger partial charge in [0.15, 0.2) is 0 Å². The number of carbonyl (C=O) groups excluding carboxylic acids is 3. The van der Waals surface area contributed by atoms with Gasteiger partial charge in [-0.05, 0) is 50.6 Å². The molecule has 2 rings (SSSR count). The minimum Gasteiger partial charge on any atom is -0.326 e. The Morgan fingerprint density at radius 3 is 2.32 bits per heavy atom. The summed E-state index contributed by atoms with van der Waals surface area (Å²) in [6.07, 6.45) is -0.0246. The third kappa shape index (κ3) is 6.21. The van der Waals surface area contributed by atoms with E-state index < -0.39 is 11.8 Å². The van der Waals surface area contributed by atoms with Gasteiger partial charge in [0, 0.05) is 22.1 Å². The molecule has 0 aromatic heterocycles. The van der Waals surface area contributed by atoms with E-state index in [0.29, 0.717) is 27.7 Å². The van der Waals surface area contributed by atoms with E-state index in [9.17, 15) is 14.4 Å². The van der Waals surface area contributed by atoms with E-state index in [1.807, 2.05) is 19.1 Å². The first-order valence-electron chi connectivity index (χ1n) is 8.52. The first-order chi connectivity index (χ1) is 13.3. The zero-order valence-corrected chi connectivity index (χ0v) is 16.6. The molecule has 7 nitrogen and oxygen atoms in total. The number of benzene rings is 2. The number of hydrogen-bond donors (Lipinski definition) is 3. The first kappa shape index (κ1) is 21.1. The maximum Gasteiger partial charge on any atom is 0.329 e. The monoisotopic (exact) mass is 400 g/mol. The third-order valence-electron chi connectivity index (χ3n) is 3.82. The first-order valence-corrected chi connectivity index (χ1v) is 8.90. The number of anilines is 2. The van der Waals surface area contributed by atoms with E-state index in [4.69, 9.17) is 11.6 Å². The molecule has 146 valence electrons. The fourth-order valence-electron chi connectivity index (χ4n) is 2.23. The summed E-state index contributed by atoms with van der Waals surface area (Å²) in [5, 5.41) is 9.47. The molecule has 8 heteroatoms. The number of hydrazone groups is 1. The maximum atomic E-state index is 12.0.